The molecule has 0 spiro atoms. The van der Waals surface area contributed by atoms with Gasteiger partial charge in [-0.05, 0) is 31.9 Å². The van der Waals surface area contributed by atoms with Crippen LogP contribution in [-0.2, 0) is 15.3 Å². The van der Waals surface area contributed by atoms with Crippen molar-refractivity contribution in [1.29, 1.82) is 0 Å². The maximum absolute atomic E-state index is 11.6. The third-order valence-corrected chi connectivity index (χ3v) is 3.63. The number of carbonyl (C=O) groups excluding carboxylic acids is 2. The molecule has 0 atom stereocenters. The molecule has 0 bridgehead atoms. The first-order valence-electron chi connectivity index (χ1n) is 6.67. The lowest BCUT2D eigenvalue weighted by molar-refractivity contribution is -0.125. The number of benzene rings is 1. The molecule has 0 saturated carbocycles. The van der Waals surface area contributed by atoms with E-state index in [1.807, 2.05) is 26.0 Å². The molecule has 1 aromatic rings. The minimum Gasteiger partial charge on any atom is -0.352 e. The average Bonchev–Trinajstić information content (AvgIpc) is 2.38. The first-order valence-corrected chi connectivity index (χ1v) is 7.83. The van der Waals surface area contributed by atoms with Crippen LogP contribution in [0, 0.1) is 6.92 Å². The molecular weight excluding hydrogens is 272 g/mol. The van der Waals surface area contributed by atoms with Gasteiger partial charge in [0.25, 0.3) is 0 Å². The van der Waals surface area contributed by atoms with Crippen LogP contribution in [0.4, 0.5) is 0 Å². The number of rotatable bonds is 7. The molecule has 0 aliphatic carbocycles. The van der Waals surface area contributed by atoms with E-state index in [4.69, 9.17) is 0 Å². The van der Waals surface area contributed by atoms with E-state index in [2.05, 4.69) is 29.7 Å². The van der Waals surface area contributed by atoms with Crippen LogP contribution < -0.4 is 10.6 Å². The van der Waals surface area contributed by atoms with Crippen LogP contribution in [0.2, 0.25) is 0 Å². The zero-order valence-corrected chi connectivity index (χ0v) is 13.0. The van der Waals surface area contributed by atoms with Gasteiger partial charge in [-0.25, -0.2) is 0 Å². The lowest BCUT2D eigenvalue weighted by atomic mass is 10.1. The fourth-order valence-corrected chi connectivity index (χ4v) is 2.56. The molecule has 20 heavy (non-hydrogen) atoms. The second-order valence-corrected chi connectivity index (χ2v) is 5.90. The Labute approximate surface area is 124 Å². The molecule has 0 aliphatic rings. The fourth-order valence-electron chi connectivity index (χ4n) is 1.63. The van der Waals surface area contributed by atoms with Gasteiger partial charge in [0.2, 0.25) is 11.8 Å². The van der Waals surface area contributed by atoms with Gasteiger partial charge in [-0.3, -0.25) is 9.59 Å². The monoisotopic (exact) mass is 294 g/mol. The van der Waals surface area contributed by atoms with E-state index in [0.29, 0.717) is 5.75 Å². The molecule has 2 N–H and O–H groups in total. The number of hydrogen-bond donors (Lipinski definition) is 2. The molecule has 0 unspecified atom stereocenters. The number of aryl methyl sites for hydroxylation is 1. The molecule has 110 valence electrons. The van der Waals surface area contributed by atoms with Crippen LogP contribution in [0.15, 0.2) is 24.3 Å². The van der Waals surface area contributed by atoms with Crippen molar-refractivity contribution >= 4 is 23.6 Å². The molecule has 0 radical (unpaired) electrons. The molecule has 0 saturated heterocycles. The van der Waals surface area contributed by atoms with Gasteiger partial charge >= 0.3 is 0 Å². The highest BCUT2D eigenvalue weighted by molar-refractivity contribution is 7.99. The third-order valence-electron chi connectivity index (χ3n) is 2.65. The van der Waals surface area contributed by atoms with Gasteiger partial charge in [0, 0.05) is 11.8 Å². The largest absolute Gasteiger partial charge is 0.352 e. The van der Waals surface area contributed by atoms with Crippen molar-refractivity contribution in [3.8, 4) is 0 Å². The van der Waals surface area contributed by atoms with Gasteiger partial charge in [0.15, 0.2) is 0 Å². The lowest BCUT2D eigenvalue weighted by Gasteiger charge is -2.09. The standard InChI is InChI=1S/C15H22N2O2S/c1-11(2)17-14(18)8-16-15(19)10-20-9-13-7-5-4-6-12(13)3/h4-7,11H,8-10H2,1-3H3,(H,16,19)(H,17,18). The second kappa shape index (κ2) is 8.64. The van der Waals surface area contributed by atoms with Crippen molar-refractivity contribution in [3.63, 3.8) is 0 Å². The van der Waals surface area contributed by atoms with Gasteiger partial charge in [0.1, 0.15) is 0 Å². The molecular formula is C15H22N2O2S. The molecule has 2 amide bonds. The fraction of sp³-hybridized carbons (Fsp3) is 0.467. The Bertz CT molecular complexity index is 461. The van der Waals surface area contributed by atoms with E-state index >= 15 is 0 Å². The average molecular weight is 294 g/mol. The molecule has 0 fully saturated rings. The van der Waals surface area contributed by atoms with Crippen LogP contribution in [0.1, 0.15) is 25.0 Å². The maximum Gasteiger partial charge on any atom is 0.239 e. The Balaban J connectivity index is 2.21. The van der Waals surface area contributed by atoms with Crippen LogP contribution in [0.3, 0.4) is 0 Å². The van der Waals surface area contributed by atoms with Crippen molar-refractivity contribution < 1.29 is 9.59 Å². The van der Waals surface area contributed by atoms with E-state index < -0.39 is 0 Å². The lowest BCUT2D eigenvalue weighted by Crippen LogP contribution is -2.40. The summed E-state index contributed by atoms with van der Waals surface area (Å²) in [7, 11) is 0. The topological polar surface area (TPSA) is 58.2 Å². The zero-order valence-electron chi connectivity index (χ0n) is 12.2. The Morgan fingerprint density at radius 1 is 1.20 bits per heavy atom. The minimum atomic E-state index is -0.155. The van der Waals surface area contributed by atoms with Crippen molar-refractivity contribution in [3.05, 3.63) is 35.4 Å². The van der Waals surface area contributed by atoms with Gasteiger partial charge in [-0.15, -0.1) is 11.8 Å². The Hall–Kier alpha value is -1.49. The molecule has 0 heterocycles. The van der Waals surface area contributed by atoms with Gasteiger partial charge in [-0.1, -0.05) is 24.3 Å². The Morgan fingerprint density at radius 3 is 2.55 bits per heavy atom. The normalized spacial score (nSPS) is 10.4. The van der Waals surface area contributed by atoms with E-state index in [-0.39, 0.29) is 24.4 Å². The quantitative estimate of drug-likeness (QED) is 0.807. The first kappa shape index (κ1) is 16.6. The van der Waals surface area contributed by atoms with Crippen molar-refractivity contribution in [1.82, 2.24) is 10.6 Å². The molecule has 0 aliphatic heterocycles. The van der Waals surface area contributed by atoms with E-state index in [0.717, 1.165) is 5.75 Å². The summed E-state index contributed by atoms with van der Waals surface area (Å²) in [6, 6.07) is 8.22. The summed E-state index contributed by atoms with van der Waals surface area (Å²) < 4.78 is 0. The van der Waals surface area contributed by atoms with Gasteiger partial charge < -0.3 is 10.6 Å². The summed E-state index contributed by atoms with van der Waals surface area (Å²) >= 11 is 1.55. The highest BCUT2D eigenvalue weighted by atomic mass is 32.2. The van der Waals surface area contributed by atoms with Crippen molar-refractivity contribution in [2.75, 3.05) is 12.3 Å². The van der Waals surface area contributed by atoms with Crippen LogP contribution in [-0.4, -0.2) is 30.2 Å². The predicted molar refractivity (Wildman–Crippen MR) is 83.6 cm³/mol. The number of hydrogen-bond acceptors (Lipinski definition) is 3. The summed E-state index contributed by atoms with van der Waals surface area (Å²) in [4.78, 5) is 23.0. The Morgan fingerprint density at radius 2 is 1.90 bits per heavy atom. The van der Waals surface area contributed by atoms with Crippen LogP contribution >= 0.6 is 11.8 Å². The number of carbonyl (C=O) groups is 2. The second-order valence-electron chi connectivity index (χ2n) is 4.92. The summed E-state index contributed by atoms with van der Waals surface area (Å²) in [5.41, 5.74) is 2.47. The van der Waals surface area contributed by atoms with Gasteiger partial charge in [0.05, 0.1) is 12.3 Å². The smallest absolute Gasteiger partial charge is 0.239 e. The highest BCUT2D eigenvalue weighted by Gasteiger charge is 2.07. The molecule has 0 aromatic heterocycles. The zero-order chi connectivity index (χ0) is 15.0. The van der Waals surface area contributed by atoms with E-state index in [1.54, 1.807) is 11.8 Å². The summed E-state index contributed by atoms with van der Waals surface area (Å²) in [5, 5.41) is 5.34. The molecule has 1 aromatic carbocycles. The number of thioether (sulfide) groups is 1. The molecule has 5 heteroatoms. The van der Waals surface area contributed by atoms with Crippen LogP contribution in [0.25, 0.3) is 0 Å². The molecule has 1 rings (SSSR count). The first-order chi connectivity index (χ1) is 9.49. The number of amides is 2. The molecule has 4 nitrogen and oxygen atoms in total. The summed E-state index contributed by atoms with van der Waals surface area (Å²) in [6.45, 7) is 5.88. The minimum absolute atomic E-state index is 0.0436. The predicted octanol–water partition coefficient (Wildman–Crippen LogP) is 1.87. The van der Waals surface area contributed by atoms with Crippen LogP contribution in [0.5, 0.6) is 0 Å². The third kappa shape index (κ3) is 6.61. The maximum atomic E-state index is 11.6. The van der Waals surface area contributed by atoms with E-state index in [1.165, 1.54) is 11.1 Å². The van der Waals surface area contributed by atoms with Crippen molar-refractivity contribution in [2.45, 2.75) is 32.6 Å². The Kier molecular flexibility index (Phi) is 7.15. The highest BCUT2D eigenvalue weighted by Crippen LogP contribution is 2.15. The van der Waals surface area contributed by atoms with E-state index in [9.17, 15) is 9.59 Å². The number of nitrogens with one attached hydrogen (secondary N) is 2. The summed E-state index contributed by atoms with van der Waals surface area (Å²) in [5.74, 6) is 0.904. The van der Waals surface area contributed by atoms with Gasteiger partial charge in [-0.2, -0.15) is 0 Å². The van der Waals surface area contributed by atoms with Crippen molar-refractivity contribution in [2.24, 2.45) is 0 Å². The summed E-state index contributed by atoms with van der Waals surface area (Å²) in [6.07, 6.45) is 0. The SMILES string of the molecule is Cc1ccccc1CSCC(=O)NCC(=O)NC(C)C.